The quantitative estimate of drug-likeness (QED) is 0.843. The van der Waals surface area contributed by atoms with Gasteiger partial charge in [-0.1, -0.05) is 25.0 Å². The fourth-order valence-electron chi connectivity index (χ4n) is 4.18. The van der Waals surface area contributed by atoms with Gasteiger partial charge in [0.05, 0.1) is 0 Å². The van der Waals surface area contributed by atoms with Gasteiger partial charge in [-0.25, -0.2) is 0 Å². The Bertz CT molecular complexity index is 441. The summed E-state index contributed by atoms with van der Waals surface area (Å²) in [6.07, 6.45) is 10.6. The zero-order valence-electron chi connectivity index (χ0n) is 11.6. The summed E-state index contributed by atoms with van der Waals surface area (Å²) < 4.78 is 0. The van der Waals surface area contributed by atoms with Crippen LogP contribution >= 0.6 is 0 Å². The molecule has 0 bridgehead atoms. The summed E-state index contributed by atoms with van der Waals surface area (Å²) in [6.45, 7) is 3.11. The van der Waals surface area contributed by atoms with E-state index in [-0.39, 0.29) is 0 Å². The molecule has 0 aliphatic heterocycles. The Labute approximate surface area is 111 Å². The molecule has 0 atom stereocenters. The van der Waals surface area contributed by atoms with Gasteiger partial charge in [0.2, 0.25) is 0 Å². The lowest BCUT2D eigenvalue weighted by atomic mass is 9.72. The number of nitrogens with two attached hydrogens (primary N) is 1. The van der Waals surface area contributed by atoms with Crippen molar-refractivity contribution in [2.24, 2.45) is 5.73 Å². The molecule has 3 rings (SSSR count). The van der Waals surface area contributed by atoms with Gasteiger partial charge in [0.1, 0.15) is 0 Å². The highest BCUT2D eigenvalue weighted by atomic mass is 14.6. The maximum absolute atomic E-state index is 6.17. The Morgan fingerprint density at radius 1 is 1.00 bits per heavy atom. The predicted molar refractivity (Wildman–Crippen MR) is 77.0 cm³/mol. The molecule has 1 heteroatoms. The van der Waals surface area contributed by atoms with Crippen LogP contribution in [0.4, 0.5) is 0 Å². The van der Waals surface area contributed by atoms with Crippen molar-refractivity contribution in [3.8, 4) is 0 Å². The van der Waals surface area contributed by atoms with Gasteiger partial charge in [-0.2, -0.15) is 0 Å². The van der Waals surface area contributed by atoms with E-state index in [1.807, 2.05) is 0 Å². The first-order valence-electron chi connectivity index (χ1n) is 7.59. The van der Waals surface area contributed by atoms with Crippen LogP contribution in [0.15, 0.2) is 12.1 Å². The molecule has 1 saturated carbocycles. The molecule has 1 aromatic carbocycles. The van der Waals surface area contributed by atoms with Crippen LogP contribution < -0.4 is 5.73 Å². The first kappa shape index (κ1) is 12.2. The molecule has 0 aromatic heterocycles. The van der Waals surface area contributed by atoms with Crippen molar-refractivity contribution in [1.29, 1.82) is 0 Å². The van der Waals surface area contributed by atoms with Crippen LogP contribution in [0.25, 0.3) is 0 Å². The second-order valence-corrected chi connectivity index (χ2v) is 6.29. The van der Waals surface area contributed by atoms with E-state index in [0.29, 0.717) is 5.41 Å². The third-order valence-electron chi connectivity index (χ3n) is 5.29. The highest BCUT2D eigenvalue weighted by molar-refractivity contribution is 5.46. The summed E-state index contributed by atoms with van der Waals surface area (Å²) in [5.74, 6) is 0. The van der Waals surface area contributed by atoms with E-state index in [4.69, 9.17) is 5.73 Å². The molecular formula is C17H25N. The van der Waals surface area contributed by atoms with Gasteiger partial charge in [0.25, 0.3) is 0 Å². The predicted octanol–water partition coefficient (Wildman–Crippen LogP) is 3.64. The maximum atomic E-state index is 6.17. The Hall–Kier alpha value is -0.820. The lowest BCUT2D eigenvalue weighted by Gasteiger charge is -2.33. The van der Waals surface area contributed by atoms with Crippen molar-refractivity contribution >= 4 is 0 Å². The summed E-state index contributed by atoms with van der Waals surface area (Å²) in [4.78, 5) is 0. The highest BCUT2D eigenvalue weighted by Crippen LogP contribution is 2.44. The Balaban J connectivity index is 2.11. The van der Waals surface area contributed by atoms with Crippen molar-refractivity contribution in [3.05, 3.63) is 34.4 Å². The number of fused-ring (bicyclic) bond motifs is 1. The van der Waals surface area contributed by atoms with Crippen molar-refractivity contribution < 1.29 is 0 Å². The van der Waals surface area contributed by atoms with Crippen LogP contribution in [-0.4, -0.2) is 6.54 Å². The highest BCUT2D eigenvalue weighted by Gasteiger charge is 2.36. The molecule has 0 spiro atoms. The molecule has 0 amide bonds. The molecule has 18 heavy (non-hydrogen) atoms. The molecule has 0 saturated heterocycles. The minimum atomic E-state index is 0.315. The Morgan fingerprint density at radius 3 is 2.33 bits per heavy atom. The van der Waals surface area contributed by atoms with Crippen molar-refractivity contribution in [2.45, 2.75) is 63.7 Å². The normalized spacial score (nSPS) is 21.9. The van der Waals surface area contributed by atoms with Gasteiger partial charge in [-0.15, -0.1) is 0 Å². The minimum Gasteiger partial charge on any atom is -0.330 e. The van der Waals surface area contributed by atoms with Crippen LogP contribution in [0.1, 0.15) is 60.8 Å². The van der Waals surface area contributed by atoms with E-state index in [2.05, 4.69) is 19.1 Å². The van der Waals surface area contributed by atoms with E-state index < -0.39 is 0 Å². The van der Waals surface area contributed by atoms with Crippen LogP contribution in [0.5, 0.6) is 0 Å². The smallest absolute Gasteiger partial charge is 0.00783 e. The van der Waals surface area contributed by atoms with Crippen molar-refractivity contribution in [2.75, 3.05) is 6.54 Å². The van der Waals surface area contributed by atoms with E-state index in [1.54, 1.807) is 16.7 Å². The largest absolute Gasteiger partial charge is 0.330 e. The molecule has 2 aliphatic carbocycles. The van der Waals surface area contributed by atoms with Gasteiger partial charge in [-0.3, -0.25) is 0 Å². The number of hydrogen-bond acceptors (Lipinski definition) is 1. The number of benzene rings is 1. The molecular weight excluding hydrogens is 218 g/mol. The molecule has 0 unspecified atom stereocenters. The van der Waals surface area contributed by atoms with Gasteiger partial charge in [0, 0.05) is 12.0 Å². The topological polar surface area (TPSA) is 26.0 Å². The van der Waals surface area contributed by atoms with Crippen molar-refractivity contribution in [3.63, 3.8) is 0 Å². The molecule has 0 heterocycles. The first-order chi connectivity index (χ1) is 8.77. The summed E-state index contributed by atoms with van der Waals surface area (Å²) in [5, 5.41) is 0. The zero-order valence-corrected chi connectivity index (χ0v) is 11.6. The summed E-state index contributed by atoms with van der Waals surface area (Å²) >= 11 is 0. The van der Waals surface area contributed by atoms with Crippen LogP contribution in [-0.2, 0) is 18.3 Å². The Kier molecular flexibility index (Phi) is 3.19. The fraction of sp³-hybridized carbons (Fsp3) is 0.647. The number of aryl methyl sites for hydroxylation is 1. The van der Waals surface area contributed by atoms with Gasteiger partial charge < -0.3 is 5.73 Å². The molecule has 1 nitrogen and oxygen atoms in total. The van der Waals surface area contributed by atoms with Crippen molar-refractivity contribution in [1.82, 2.24) is 0 Å². The molecule has 0 radical (unpaired) electrons. The monoisotopic (exact) mass is 243 g/mol. The van der Waals surface area contributed by atoms with Crippen LogP contribution in [0.3, 0.4) is 0 Å². The van der Waals surface area contributed by atoms with E-state index in [0.717, 1.165) is 6.54 Å². The van der Waals surface area contributed by atoms with Gasteiger partial charge in [-0.05, 0) is 67.7 Å². The molecule has 1 aromatic rings. The third-order valence-corrected chi connectivity index (χ3v) is 5.29. The summed E-state index contributed by atoms with van der Waals surface area (Å²) in [5.41, 5.74) is 12.9. The molecule has 2 N–H and O–H groups in total. The third kappa shape index (κ3) is 1.80. The minimum absolute atomic E-state index is 0.315. The fourth-order valence-corrected chi connectivity index (χ4v) is 4.18. The first-order valence-corrected chi connectivity index (χ1v) is 7.59. The SMILES string of the molecule is Cc1ccc(C2(CN)CCCC2)c2c1CCCC2. The van der Waals surface area contributed by atoms with Crippen LogP contribution in [0, 0.1) is 6.92 Å². The van der Waals surface area contributed by atoms with Crippen LogP contribution in [0.2, 0.25) is 0 Å². The van der Waals surface area contributed by atoms with E-state index in [1.165, 1.54) is 56.9 Å². The number of hydrogen-bond donors (Lipinski definition) is 1. The second kappa shape index (κ2) is 4.70. The van der Waals surface area contributed by atoms with Gasteiger partial charge >= 0.3 is 0 Å². The summed E-state index contributed by atoms with van der Waals surface area (Å²) in [6, 6.07) is 4.74. The molecule has 98 valence electrons. The number of rotatable bonds is 2. The van der Waals surface area contributed by atoms with Gasteiger partial charge in [0.15, 0.2) is 0 Å². The molecule has 2 aliphatic rings. The standard InChI is InChI=1S/C17H25N/c1-13-8-9-16(15-7-3-2-6-14(13)15)17(12-18)10-4-5-11-17/h8-9H,2-7,10-12,18H2,1H3. The second-order valence-electron chi connectivity index (χ2n) is 6.29. The van der Waals surface area contributed by atoms with E-state index >= 15 is 0 Å². The molecule has 1 fully saturated rings. The lowest BCUT2D eigenvalue weighted by molar-refractivity contribution is 0.445. The summed E-state index contributed by atoms with van der Waals surface area (Å²) in [7, 11) is 0. The maximum Gasteiger partial charge on any atom is 0.00783 e. The average Bonchev–Trinajstić information content (AvgIpc) is 2.89. The zero-order chi connectivity index (χ0) is 12.6. The average molecular weight is 243 g/mol. The lowest BCUT2D eigenvalue weighted by Crippen LogP contribution is -2.34. The Morgan fingerprint density at radius 2 is 1.67 bits per heavy atom. The van der Waals surface area contributed by atoms with E-state index in [9.17, 15) is 0 Å².